The molecule has 10 rings (SSSR count). The van der Waals surface area contributed by atoms with Crippen LogP contribution in [0.25, 0.3) is 95.2 Å². The number of benzene rings is 7. The molecule has 55 heavy (non-hydrogen) atoms. The van der Waals surface area contributed by atoms with Gasteiger partial charge >= 0.3 is 0 Å². The van der Waals surface area contributed by atoms with Crippen molar-refractivity contribution in [1.29, 1.82) is 0 Å². The van der Waals surface area contributed by atoms with Crippen molar-refractivity contribution in [1.82, 2.24) is 24.5 Å². The van der Waals surface area contributed by atoms with Crippen LogP contribution in [0.2, 0.25) is 0 Å². The topological polar surface area (TPSA) is 56.5 Å². The Hall–Kier alpha value is -7.50. The van der Waals surface area contributed by atoms with Gasteiger partial charge in [-0.1, -0.05) is 158 Å². The molecule has 10 aromatic rings. The lowest BCUT2D eigenvalue weighted by Gasteiger charge is -2.17. The highest BCUT2D eigenvalue weighted by Gasteiger charge is 2.21. The molecule has 7 aromatic carbocycles. The summed E-state index contributed by atoms with van der Waals surface area (Å²) in [4.78, 5) is 20.2. The summed E-state index contributed by atoms with van der Waals surface area (Å²) in [5.41, 5.74) is 12.3. The van der Waals surface area contributed by atoms with Crippen molar-refractivity contribution in [3.8, 4) is 73.4 Å². The Morgan fingerprint density at radius 2 is 0.782 bits per heavy atom. The SMILES string of the molecule is c1ccc(-c2ccc3c4ccc(-c5ccccc5)cc4n(-c4ccc(-c5ccccn5)cc4-c4nc(-c5ccccc5)nc(-c5ccccc5)n4)c3c2)cc1. The first-order valence-corrected chi connectivity index (χ1v) is 18.4. The van der Waals surface area contributed by atoms with E-state index in [1.165, 1.54) is 10.8 Å². The Labute approximate surface area is 318 Å². The Balaban J connectivity index is 1.30. The van der Waals surface area contributed by atoms with E-state index in [9.17, 15) is 0 Å². The van der Waals surface area contributed by atoms with Gasteiger partial charge in [0.05, 0.1) is 22.4 Å². The van der Waals surface area contributed by atoms with E-state index in [2.05, 4.69) is 120 Å². The highest BCUT2D eigenvalue weighted by Crippen LogP contribution is 2.40. The third kappa shape index (κ3) is 6.04. The van der Waals surface area contributed by atoms with E-state index < -0.39 is 0 Å². The van der Waals surface area contributed by atoms with Gasteiger partial charge in [-0.15, -0.1) is 0 Å². The van der Waals surface area contributed by atoms with Crippen LogP contribution >= 0.6 is 0 Å². The van der Waals surface area contributed by atoms with Crippen LogP contribution in [-0.2, 0) is 0 Å². The normalized spacial score (nSPS) is 11.3. The first-order chi connectivity index (χ1) is 27.3. The lowest BCUT2D eigenvalue weighted by Crippen LogP contribution is -2.04. The maximum atomic E-state index is 5.24. The number of rotatable bonds is 7. The molecule has 0 N–H and O–H groups in total. The lowest BCUT2D eigenvalue weighted by atomic mass is 10.0. The van der Waals surface area contributed by atoms with Crippen LogP contribution in [0.3, 0.4) is 0 Å². The van der Waals surface area contributed by atoms with Crippen molar-refractivity contribution in [2.45, 2.75) is 0 Å². The van der Waals surface area contributed by atoms with E-state index in [0.717, 1.165) is 66.9 Å². The van der Waals surface area contributed by atoms with Gasteiger partial charge < -0.3 is 4.57 Å². The summed E-state index contributed by atoms with van der Waals surface area (Å²) in [5.74, 6) is 1.80. The molecule has 0 aliphatic heterocycles. The third-order valence-electron chi connectivity index (χ3n) is 10.1. The van der Waals surface area contributed by atoms with Crippen LogP contribution in [0, 0.1) is 0 Å². The zero-order chi connectivity index (χ0) is 36.6. The van der Waals surface area contributed by atoms with Gasteiger partial charge in [0.1, 0.15) is 0 Å². The summed E-state index contributed by atoms with van der Waals surface area (Å²) in [7, 11) is 0. The molecule has 0 unspecified atom stereocenters. The molecular weight excluding hydrogens is 671 g/mol. The second-order valence-electron chi connectivity index (χ2n) is 13.5. The molecule has 0 radical (unpaired) electrons. The average Bonchev–Trinajstić information content (AvgIpc) is 3.60. The summed E-state index contributed by atoms with van der Waals surface area (Å²) >= 11 is 0. The summed E-state index contributed by atoms with van der Waals surface area (Å²) in [6.45, 7) is 0. The Kier molecular flexibility index (Phi) is 8.08. The molecule has 3 aromatic heterocycles. The van der Waals surface area contributed by atoms with Crippen molar-refractivity contribution in [2.24, 2.45) is 0 Å². The highest BCUT2D eigenvalue weighted by atomic mass is 15.1. The predicted molar refractivity (Wildman–Crippen MR) is 225 cm³/mol. The molecule has 3 heterocycles. The molecular formula is C50H33N5. The molecule has 0 saturated heterocycles. The first-order valence-electron chi connectivity index (χ1n) is 18.4. The van der Waals surface area contributed by atoms with Gasteiger partial charge in [-0.2, -0.15) is 0 Å². The van der Waals surface area contributed by atoms with Gasteiger partial charge in [-0.05, 0) is 58.7 Å². The monoisotopic (exact) mass is 703 g/mol. The summed E-state index contributed by atoms with van der Waals surface area (Å²) < 4.78 is 2.38. The number of hydrogen-bond acceptors (Lipinski definition) is 4. The van der Waals surface area contributed by atoms with E-state index in [0.29, 0.717) is 17.5 Å². The second kappa shape index (κ2) is 13.8. The maximum Gasteiger partial charge on any atom is 0.166 e. The van der Waals surface area contributed by atoms with Gasteiger partial charge in [-0.25, -0.2) is 15.0 Å². The van der Waals surface area contributed by atoms with E-state index in [1.807, 2.05) is 85.1 Å². The van der Waals surface area contributed by atoms with Crippen LogP contribution in [0.5, 0.6) is 0 Å². The Bertz CT molecular complexity index is 2790. The molecule has 0 fully saturated rings. The molecule has 0 bridgehead atoms. The number of hydrogen-bond donors (Lipinski definition) is 0. The van der Waals surface area contributed by atoms with E-state index >= 15 is 0 Å². The van der Waals surface area contributed by atoms with Crippen LogP contribution in [0.15, 0.2) is 200 Å². The van der Waals surface area contributed by atoms with E-state index in [4.69, 9.17) is 19.9 Å². The third-order valence-corrected chi connectivity index (χ3v) is 10.1. The van der Waals surface area contributed by atoms with Crippen LogP contribution in [-0.4, -0.2) is 24.5 Å². The fraction of sp³-hybridized carbons (Fsp3) is 0. The van der Waals surface area contributed by atoms with E-state index in [1.54, 1.807) is 0 Å². The summed E-state index contributed by atoms with van der Waals surface area (Å²) in [5, 5.41) is 2.33. The number of aromatic nitrogens is 5. The van der Waals surface area contributed by atoms with Crippen molar-refractivity contribution < 1.29 is 0 Å². The van der Waals surface area contributed by atoms with Gasteiger partial charge in [0.2, 0.25) is 0 Å². The van der Waals surface area contributed by atoms with Crippen molar-refractivity contribution in [2.75, 3.05) is 0 Å². The molecule has 0 amide bonds. The molecule has 5 heteroatoms. The minimum atomic E-state index is 0.578. The minimum Gasteiger partial charge on any atom is -0.308 e. The van der Waals surface area contributed by atoms with Gasteiger partial charge in [0.15, 0.2) is 17.5 Å². The first kappa shape index (κ1) is 32.2. The summed E-state index contributed by atoms with van der Waals surface area (Å²) in [6.07, 6.45) is 1.83. The fourth-order valence-corrected chi connectivity index (χ4v) is 7.43. The zero-order valence-electron chi connectivity index (χ0n) is 29.8. The standard InChI is InChI=1S/C50H33N5/c1-5-15-34(16-6-1)38-24-27-41-42-28-25-39(35-17-7-2-8-18-35)33-47(42)55(46(41)32-38)45-29-26-40(44-23-13-14-30-51-44)31-43(45)50-53-48(36-19-9-3-10-20-36)52-49(54-50)37-21-11-4-12-22-37/h1-33H. The number of pyridine rings is 1. The molecule has 0 spiro atoms. The molecule has 0 atom stereocenters. The van der Waals surface area contributed by atoms with E-state index in [-0.39, 0.29) is 0 Å². The highest BCUT2D eigenvalue weighted by molar-refractivity contribution is 6.11. The van der Waals surface area contributed by atoms with Gasteiger partial charge in [0.25, 0.3) is 0 Å². The number of nitrogens with zero attached hydrogens (tertiary/aromatic N) is 5. The maximum absolute atomic E-state index is 5.24. The average molecular weight is 704 g/mol. The number of fused-ring (bicyclic) bond motifs is 3. The minimum absolute atomic E-state index is 0.578. The van der Waals surface area contributed by atoms with Crippen molar-refractivity contribution in [3.05, 3.63) is 200 Å². The zero-order valence-corrected chi connectivity index (χ0v) is 29.8. The van der Waals surface area contributed by atoms with Crippen LogP contribution < -0.4 is 0 Å². The molecule has 0 saturated carbocycles. The fourth-order valence-electron chi connectivity index (χ4n) is 7.43. The molecule has 5 nitrogen and oxygen atoms in total. The Morgan fingerprint density at radius 1 is 0.327 bits per heavy atom. The van der Waals surface area contributed by atoms with Crippen LogP contribution in [0.1, 0.15) is 0 Å². The van der Waals surface area contributed by atoms with Gasteiger partial charge in [-0.3, -0.25) is 4.98 Å². The quantitative estimate of drug-likeness (QED) is 0.166. The summed E-state index contributed by atoms with van der Waals surface area (Å²) in [6, 6.07) is 67.5. The van der Waals surface area contributed by atoms with Crippen molar-refractivity contribution >= 4 is 21.8 Å². The van der Waals surface area contributed by atoms with Gasteiger partial charge in [0, 0.05) is 39.2 Å². The second-order valence-corrected chi connectivity index (χ2v) is 13.5. The molecule has 258 valence electrons. The lowest BCUT2D eigenvalue weighted by molar-refractivity contribution is 1.06. The Morgan fingerprint density at radius 3 is 1.27 bits per heavy atom. The smallest absolute Gasteiger partial charge is 0.166 e. The molecule has 0 aliphatic carbocycles. The largest absolute Gasteiger partial charge is 0.308 e. The van der Waals surface area contributed by atoms with Crippen molar-refractivity contribution in [3.63, 3.8) is 0 Å². The van der Waals surface area contributed by atoms with Crippen LogP contribution in [0.4, 0.5) is 0 Å². The predicted octanol–water partition coefficient (Wildman–Crippen LogP) is 12.4. The molecule has 0 aliphatic rings.